The van der Waals surface area contributed by atoms with Gasteiger partial charge in [-0.1, -0.05) is 26.2 Å². The lowest BCUT2D eigenvalue weighted by atomic mass is 9.83. The van der Waals surface area contributed by atoms with Gasteiger partial charge in [0.2, 0.25) is 0 Å². The van der Waals surface area contributed by atoms with Crippen molar-refractivity contribution >= 4 is 6.09 Å². The van der Waals surface area contributed by atoms with Gasteiger partial charge in [-0.2, -0.15) is 0 Å². The molecule has 23 heavy (non-hydrogen) atoms. The Kier molecular flexibility index (Phi) is 5.95. The zero-order valence-corrected chi connectivity index (χ0v) is 15.2. The highest BCUT2D eigenvalue weighted by atomic mass is 16.6. The average Bonchev–Trinajstić information content (AvgIpc) is 2.40. The maximum Gasteiger partial charge on any atom is 0.407 e. The fourth-order valence-corrected chi connectivity index (χ4v) is 3.83. The Labute approximate surface area is 140 Å². The van der Waals surface area contributed by atoms with Crippen molar-refractivity contribution in [3.05, 3.63) is 0 Å². The highest BCUT2D eigenvalue weighted by Crippen LogP contribution is 2.30. The third-order valence-electron chi connectivity index (χ3n) is 4.99. The molecule has 2 aliphatic rings. The van der Waals surface area contributed by atoms with Gasteiger partial charge in [-0.25, -0.2) is 4.79 Å². The van der Waals surface area contributed by atoms with Gasteiger partial charge in [0, 0.05) is 25.7 Å². The number of alkyl carbamates (subject to hydrolysis) is 1. The summed E-state index contributed by atoms with van der Waals surface area (Å²) in [6.45, 7) is 10.4. The Morgan fingerprint density at radius 3 is 2.52 bits per heavy atom. The first-order valence-corrected chi connectivity index (χ1v) is 9.11. The van der Waals surface area contributed by atoms with Crippen LogP contribution in [0.4, 0.5) is 4.79 Å². The summed E-state index contributed by atoms with van der Waals surface area (Å²) in [7, 11) is 0. The summed E-state index contributed by atoms with van der Waals surface area (Å²) in [5.41, 5.74) is -0.957. The van der Waals surface area contributed by atoms with Crippen LogP contribution in [-0.2, 0) is 4.74 Å². The summed E-state index contributed by atoms with van der Waals surface area (Å²) in [6.07, 6.45) is 5.98. The number of piperidine rings is 1. The lowest BCUT2D eigenvalue weighted by molar-refractivity contribution is -0.0367. The molecule has 0 spiro atoms. The van der Waals surface area contributed by atoms with Crippen LogP contribution in [0.3, 0.4) is 0 Å². The third-order valence-corrected chi connectivity index (χ3v) is 4.99. The SMILES string of the molecule is C[C@H]1CN(CC2(O)CCCCC2)CC[C@H]1NC(=O)OC(C)(C)C. The fourth-order valence-electron chi connectivity index (χ4n) is 3.83. The summed E-state index contributed by atoms with van der Waals surface area (Å²) in [5, 5.41) is 13.7. The van der Waals surface area contributed by atoms with E-state index in [0.717, 1.165) is 51.7 Å². The van der Waals surface area contributed by atoms with E-state index in [9.17, 15) is 9.90 Å². The second-order valence-electron chi connectivity index (χ2n) is 8.54. The van der Waals surface area contributed by atoms with Crippen molar-refractivity contribution in [1.29, 1.82) is 0 Å². The van der Waals surface area contributed by atoms with E-state index in [1.165, 1.54) is 6.42 Å². The monoisotopic (exact) mass is 326 g/mol. The predicted octanol–water partition coefficient (Wildman–Crippen LogP) is 2.92. The van der Waals surface area contributed by atoms with Crippen LogP contribution in [0.1, 0.15) is 66.2 Å². The van der Waals surface area contributed by atoms with Crippen LogP contribution in [0.25, 0.3) is 0 Å². The normalized spacial score (nSPS) is 29.1. The molecule has 0 aromatic heterocycles. The first kappa shape index (κ1) is 18.5. The third kappa shape index (κ3) is 5.96. The summed E-state index contributed by atoms with van der Waals surface area (Å²) in [5.74, 6) is 0.364. The van der Waals surface area contributed by atoms with Crippen molar-refractivity contribution in [2.75, 3.05) is 19.6 Å². The number of rotatable bonds is 3. The van der Waals surface area contributed by atoms with Crippen molar-refractivity contribution in [3.8, 4) is 0 Å². The number of carbonyl (C=O) groups excluding carboxylic acids is 1. The van der Waals surface area contributed by atoms with E-state index in [0.29, 0.717) is 5.92 Å². The first-order valence-electron chi connectivity index (χ1n) is 9.11. The lowest BCUT2D eigenvalue weighted by Crippen LogP contribution is -2.54. The molecule has 2 rings (SSSR count). The molecule has 2 fully saturated rings. The average molecular weight is 326 g/mol. The largest absolute Gasteiger partial charge is 0.444 e. The molecule has 0 bridgehead atoms. The zero-order chi connectivity index (χ0) is 17.1. The standard InChI is InChI=1S/C18H34N2O3/c1-14-12-20(13-18(22)9-6-5-7-10-18)11-8-15(14)19-16(21)23-17(2,3)4/h14-15,22H,5-13H2,1-4H3,(H,19,21)/t14-,15+/m0/s1. The van der Waals surface area contributed by atoms with Crippen LogP contribution in [0.15, 0.2) is 0 Å². The van der Waals surface area contributed by atoms with Gasteiger partial charge in [-0.05, 0) is 46.0 Å². The summed E-state index contributed by atoms with van der Waals surface area (Å²) in [6, 6.07) is 0.155. The smallest absolute Gasteiger partial charge is 0.407 e. The Balaban J connectivity index is 1.79. The molecule has 5 heteroatoms. The van der Waals surface area contributed by atoms with E-state index in [4.69, 9.17) is 4.74 Å². The molecule has 1 heterocycles. The van der Waals surface area contributed by atoms with Crippen LogP contribution < -0.4 is 5.32 Å². The zero-order valence-electron chi connectivity index (χ0n) is 15.2. The van der Waals surface area contributed by atoms with Gasteiger partial charge in [0.25, 0.3) is 0 Å². The number of likely N-dealkylation sites (tertiary alicyclic amines) is 1. The summed E-state index contributed by atoms with van der Waals surface area (Å²) >= 11 is 0. The molecule has 5 nitrogen and oxygen atoms in total. The van der Waals surface area contributed by atoms with Crippen LogP contribution in [0, 0.1) is 5.92 Å². The van der Waals surface area contributed by atoms with Crippen molar-refractivity contribution in [1.82, 2.24) is 10.2 Å². The summed E-state index contributed by atoms with van der Waals surface area (Å²) in [4.78, 5) is 14.3. The number of hydrogen-bond acceptors (Lipinski definition) is 4. The number of hydrogen-bond donors (Lipinski definition) is 2. The second kappa shape index (κ2) is 7.39. The molecule has 0 radical (unpaired) electrons. The Hall–Kier alpha value is -0.810. The molecule has 2 N–H and O–H groups in total. The number of ether oxygens (including phenoxy) is 1. The highest BCUT2D eigenvalue weighted by molar-refractivity contribution is 5.68. The minimum Gasteiger partial charge on any atom is -0.444 e. The number of carbonyl (C=O) groups is 1. The first-order chi connectivity index (χ1) is 10.7. The van der Waals surface area contributed by atoms with Crippen LogP contribution in [-0.4, -0.2) is 53.0 Å². The molecule has 0 aromatic carbocycles. The number of nitrogens with one attached hydrogen (secondary N) is 1. The Bertz CT molecular complexity index is 400. The quantitative estimate of drug-likeness (QED) is 0.837. The molecule has 0 aromatic rings. The molecule has 2 atom stereocenters. The van der Waals surface area contributed by atoms with Crippen LogP contribution in [0.5, 0.6) is 0 Å². The highest BCUT2D eigenvalue weighted by Gasteiger charge is 2.35. The molecule has 1 saturated heterocycles. The molecular weight excluding hydrogens is 292 g/mol. The van der Waals surface area contributed by atoms with Crippen LogP contribution in [0.2, 0.25) is 0 Å². The molecule has 1 aliphatic heterocycles. The minimum absolute atomic E-state index is 0.155. The van der Waals surface area contributed by atoms with Crippen molar-refractivity contribution in [2.24, 2.45) is 5.92 Å². The van der Waals surface area contributed by atoms with Crippen LogP contribution >= 0.6 is 0 Å². The number of β-amino-alcohol motifs (C(OH)–C–C–N with tert-alkyl or cyclic N) is 1. The number of nitrogens with zero attached hydrogens (tertiary/aromatic N) is 1. The van der Waals surface area contributed by atoms with Gasteiger partial charge in [-0.3, -0.25) is 0 Å². The minimum atomic E-state index is -0.497. The maximum atomic E-state index is 11.9. The van der Waals surface area contributed by atoms with Gasteiger partial charge in [0.15, 0.2) is 0 Å². The number of amides is 1. The molecule has 1 saturated carbocycles. The van der Waals surface area contributed by atoms with Gasteiger partial charge < -0.3 is 20.1 Å². The fraction of sp³-hybridized carbons (Fsp3) is 0.944. The van der Waals surface area contributed by atoms with E-state index in [1.807, 2.05) is 20.8 Å². The van der Waals surface area contributed by atoms with Gasteiger partial charge in [0.1, 0.15) is 5.60 Å². The predicted molar refractivity (Wildman–Crippen MR) is 91.4 cm³/mol. The van der Waals surface area contributed by atoms with E-state index in [1.54, 1.807) is 0 Å². The van der Waals surface area contributed by atoms with Gasteiger partial charge in [0.05, 0.1) is 5.60 Å². The Morgan fingerprint density at radius 1 is 1.30 bits per heavy atom. The van der Waals surface area contributed by atoms with Crippen molar-refractivity contribution in [3.63, 3.8) is 0 Å². The molecular formula is C18H34N2O3. The van der Waals surface area contributed by atoms with E-state index >= 15 is 0 Å². The van der Waals surface area contributed by atoms with E-state index in [-0.39, 0.29) is 12.1 Å². The summed E-state index contributed by atoms with van der Waals surface area (Å²) < 4.78 is 5.35. The molecule has 0 unspecified atom stereocenters. The second-order valence-corrected chi connectivity index (χ2v) is 8.54. The van der Waals surface area contributed by atoms with E-state index < -0.39 is 11.2 Å². The van der Waals surface area contributed by atoms with Crippen molar-refractivity contribution < 1.29 is 14.6 Å². The molecule has 1 amide bonds. The maximum absolute atomic E-state index is 11.9. The molecule has 134 valence electrons. The topological polar surface area (TPSA) is 61.8 Å². The van der Waals surface area contributed by atoms with E-state index in [2.05, 4.69) is 17.1 Å². The van der Waals surface area contributed by atoms with Gasteiger partial charge >= 0.3 is 6.09 Å². The molecule has 1 aliphatic carbocycles. The number of aliphatic hydroxyl groups is 1. The van der Waals surface area contributed by atoms with Gasteiger partial charge in [-0.15, -0.1) is 0 Å². The lowest BCUT2D eigenvalue weighted by Gasteiger charge is -2.42. The Morgan fingerprint density at radius 2 is 1.96 bits per heavy atom. The van der Waals surface area contributed by atoms with Crippen molar-refractivity contribution in [2.45, 2.75) is 83.5 Å².